The van der Waals surface area contributed by atoms with Crippen molar-refractivity contribution in [3.8, 4) is 0 Å². The van der Waals surface area contributed by atoms with Crippen LogP contribution in [0.25, 0.3) is 0 Å². The molecule has 0 bridgehead atoms. The zero-order valence-corrected chi connectivity index (χ0v) is 13.3. The number of nitrogens with one attached hydrogen (secondary N) is 1. The van der Waals surface area contributed by atoms with E-state index < -0.39 is 0 Å². The predicted molar refractivity (Wildman–Crippen MR) is 84.1 cm³/mol. The Morgan fingerprint density at radius 2 is 2.09 bits per heavy atom. The van der Waals surface area contributed by atoms with Crippen molar-refractivity contribution in [1.82, 2.24) is 10.2 Å². The Labute approximate surface area is 135 Å². The number of amides is 2. The minimum atomic E-state index is -0.325. The number of piperidine rings is 1. The number of aliphatic hydroxyl groups is 1. The highest BCUT2D eigenvalue weighted by Crippen LogP contribution is 2.18. The Morgan fingerprint density at radius 1 is 1.39 bits per heavy atom. The van der Waals surface area contributed by atoms with Crippen molar-refractivity contribution >= 4 is 11.8 Å². The first-order valence-electron chi connectivity index (χ1n) is 7.93. The topological polar surface area (TPSA) is 69.6 Å². The largest absolute Gasteiger partial charge is 0.394 e. The van der Waals surface area contributed by atoms with Crippen LogP contribution >= 0.6 is 0 Å². The van der Waals surface area contributed by atoms with Crippen LogP contribution in [0, 0.1) is 11.7 Å². The summed E-state index contributed by atoms with van der Waals surface area (Å²) in [4.78, 5) is 26.2. The summed E-state index contributed by atoms with van der Waals surface area (Å²) in [5, 5.41) is 11.7. The zero-order valence-electron chi connectivity index (χ0n) is 13.3. The summed E-state index contributed by atoms with van der Waals surface area (Å²) in [5.74, 6) is -0.737. The van der Waals surface area contributed by atoms with Crippen molar-refractivity contribution in [2.75, 3.05) is 19.7 Å². The number of hydrogen-bond acceptors (Lipinski definition) is 3. The van der Waals surface area contributed by atoms with Crippen LogP contribution in [0.4, 0.5) is 4.39 Å². The molecule has 1 aliphatic heterocycles. The van der Waals surface area contributed by atoms with Gasteiger partial charge in [0.1, 0.15) is 5.82 Å². The number of aliphatic hydroxyl groups excluding tert-OH is 1. The number of rotatable bonds is 5. The summed E-state index contributed by atoms with van der Waals surface area (Å²) in [6.07, 6.45) is 1.73. The maximum Gasteiger partial charge on any atom is 0.227 e. The van der Waals surface area contributed by atoms with Crippen LogP contribution in [0.15, 0.2) is 24.3 Å². The van der Waals surface area contributed by atoms with Crippen LogP contribution in [0.1, 0.15) is 25.3 Å². The second-order valence-electron chi connectivity index (χ2n) is 6.07. The van der Waals surface area contributed by atoms with Crippen LogP contribution in [0.3, 0.4) is 0 Å². The number of hydrogen-bond donors (Lipinski definition) is 2. The number of carbonyl (C=O) groups is 2. The van der Waals surface area contributed by atoms with Gasteiger partial charge in [0.2, 0.25) is 11.8 Å². The average molecular weight is 322 g/mol. The number of halogens is 1. The molecule has 2 N–H and O–H groups in total. The second-order valence-corrected chi connectivity index (χ2v) is 6.07. The molecule has 1 aromatic rings. The van der Waals surface area contributed by atoms with E-state index in [1.165, 1.54) is 12.1 Å². The van der Waals surface area contributed by atoms with Gasteiger partial charge in [-0.1, -0.05) is 12.1 Å². The molecule has 0 aliphatic carbocycles. The Balaban J connectivity index is 1.90. The van der Waals surface area contributed by atoms with Crippen molar-refractivity contribution < 1.29 is 19.1 Å². The quantitative estimate of drug-likeness (QED) is 0.853. The van der Waals surface area contributed by atoms with Crippen LogP contribution in [-0.4, -0.2) is 47.6 Å². The first kappa shape index (κ1) is 17.4. The molecule has 0 radical (unpaired) electrons. The van der Waals surface area contributed by atoms with Gasteiger partial charge in [-0.3, -0.25) is 9.59 Å². The smallest absolute Gasteiger partial charge is 0.227 e. The van der Waals surface area contributed by atoms with E-state index in [0.29, 0.717) is 13.1 Å². The van der Waals surface area contributed by atoms with Crippen LogP contribution < -0.4 is 5.32 Å². The molecule has 1 saturated heterocycles. The Kier molecular flexibility index (Phi) is 6.10. The molecule has 0 spiro atoms. The van der Waals surface area contributed by atoms with Crippen molar-refractivity contribution in [2.24, 2.45) is 5.92 Å². The highest BCUT2D eigenvalue weighted by molar-refractivity contribution is 5.82. The van der Waals surface area contributed by atoms with Crippen molar-refractivity contribution in [1.29, 1.82) is 0 Å². The fourth-order valence-electron chi connectivity index (χ4n) is 2.71. The monoisotopic (exact) mass is 322 g/mol. The average Bonchev–Trinajstić information content (AvgIpc) is 2.56. The van der Waals surface area contributed by atoms with Gasteiger partial charge in [0.25, 0.3) is 0 Å². The van der Waals surface area contributed by atoms with Crippen LogP contribution in [0.2, 0.25) is 0 Å². The highest BCUT2D eigenvalue weighted by Gasteiger charge is 2.28. The van der Waals surface area contributed by atoms with Gasteiger partial charge < -0.3 is 15.3 Å². The van der Waals surface area contributed by atoms with E-state index >= 15 is 0 Å². The van der Waals surface area contributed by atoms with Gasteiger partial charge in [0.15, 0.2) is 0 Å². The van der Waals surface area contributed by atoms with Crippen LogP contribution in [-0.2, 0) is 16.0 Å². The van der Waals surface area contributed by atoms with E-state index in [9.17, 15) is 14.0 Å². The summed E-state index contributed by atoms with van der Waals surface area (Å²) in [7, 11) is 0. The lowest BCUT2D eigenvalue weighted by molar-refractivity contribution is -0.135. The Morgan fingerprint density at radius 3 is 2.74 bits per heavy atom. The van der Waals surface area contributed by atoms with E-state index in [1.807, 2.05) is 0 Å². The first-order chi connectivity index (χ1) is 11.0. The lowest BCUT2D eigenvalue weighted by Gasteiger charge is -2.32. The zero-order chi connectivity index (χ0) is 16.8. The van der Waals surface area contributed by atoms with E-state index in [-0.39, 0.29) is 42.6 Å². The number of benzene rings is 1. The third-order valence-electron chi connectivity index (χ3n) is 4.08. The molecule has 2 atom stereocenters. The van der Waals surface area contributed by atoms with Crippen LogP contribution in [0.5, 0.6) is 0 Å². The Bertz CT molecular complexity index is 547. The summed E-state index contributed by atoms with van der Waals surface area (Å²) in [6, 6.07) is 5.60. The van der Waals surface area contributed by atoms with E-state index in [4.69, 9.17) is 5.11 Å². The van der Waals surface area contributed by atoms with Gasteiger partial charge in [-0.05, 0) is 37.5 Å². The third kappa shape index (κ3) is 5.03. The molecule has 126 valence electrons. The number of likely N-dealkylation sites (tertiary alicyclic amines) is 1. The SMILES string of the molecule is C[C@@H](CO)NC(=O)C1CCCN(C(=O)Cc2ccc(F)cc2)C1. The van der Waals surface area contributed by atoms with Gasteiger partial charge in [0.05, 0.1) is 18.9 Å². The lowest BCUT2D eigenvalue weighted by Crippen LogP contribution is -2.48. The maximum absolute atomic E-state index is 12.9. The van der Waals surface area contributed by atoms with E-state index in [2.05, 4.69) is 5.32 Å². The molecule has 0 saturated carbocycles. The molecular formula is C17H23FN2O3. The number of nitrogens with zero attached hydrogens (tertiary/aromatic N) is 1. The molecule has 5 nitrogen and oxygen atoms in total. The van der Waals surface area contributed by atoms with Crippen molar-refractivity contribution in [3.05, 3.63) is 35.6 Å². The summed E-state index contributed by atoms with van der Waals surface area (Å²) < 4.78 is 12.9. The molecule has 1 fully saturated rings. The molecule has 6 heteroatoms. The van der Waals surface area contributed by atoms with Crippen molar-refractivity contribution in [3.63, 3.8) is 0 Å². The fraction of sp³-hybridized carbons (Fsp3) is 0.529. The minimum absolute atomic E-state index is 0.0516. The highest BCUT2D eigenvalue weighted by atomic mass is 19.1. The normalized spacial score (nSPS) is 19.3. The number of carbonyl (C=O) groups excluding carboxylic acids is 2. The summed E-state index contributed by atoms with van der Waals surface area (Å²) in [6.45, 7) is 2.66. The van der Waals surface area contributed by atoms with E-state index in [1.54, 1.807) is 24.0 Å². The van der Waals surface area contributed by atoms with Gasteiger partial charge in [-0.25, -0.2) is 4.39 Å². The standard InChI is InChI=1S/C17H23FN2O3/c1-12(11-21)19-17(23)14-3-2-8-20(10-14)16(22)9-13-4-6-15(18)7-5-13/h4-7,12,14,21H,2-3,8-11H2,1H3,(H,19,23)/t12-,14?/m0/s1. The first-order valence-corrected chi connectivity index (χ1v) is 7.93. The predicted octanol–water partition coefficient (Wildman–Crippen LogP) is 1.10. The minimum Gasteiger partial charge on any atom is -0.394 e. The molecular weight excluding hydrogens is 299 g/mol. The molecule has 1 unspecified atom stereocenters. The molecule has 0 aromatic heterocycles. The molecule has 1 aliphatic rings. The van der Waals surface area contributed by atoms with Gasteiger partial charge in [0, 0.05) is 19.1 Å². The van der Waals surface area contributed by atoms with Gasteiger partial charge in [-0.2, -0.15) is 0 Å². The molecule has 23 heavy (non-hydrogen) atoms. The van der Waals surface area contributed by atoms with Gasteiger partial charge >= 0.3 is 0 Å². The van der Waals surface area contributed by atoms with E-state index in [0.717, 1.165) is 18.4 Å². The fourth-order valence-corrected chi connectivity index (χ4v) is 2.71. The van der Waals surface area contributed by atoms with Gasteiger partial charge in [-0.15, -0.1) is 0 Å². The lowest BCUT2D eigenvalue weighted by atomic mass is 9.96. The Hall–Kier alpha value is -1.95. The molecule has 1 aromatic carbocycles. The summed E-state index contributed by atoms with van der Waals surface area (Å²) >= 11 is 0. The molecule has 1 heterocycles. The maximum atomic E-state index is 12.9. The third-order valence-corrected chi connectivity index (χ3v) is 4.08. The summed E-state index contributed by atoms with van der Waals surface area (Å²) in [5.41, 5.74) is 0.761. The van der Waals surface area contributed by atoms with Crippen molar-refractivity contribution in [2.45, 2.75) is 32.2 Å². The second kappa shape index (κ2) is 8.06. The molecule has 2 amide bonds. The molecule has 2 rings (SSSR count).